The minimum atomic E-state index is 0.0875. The number of benzene rings is 1. The number of carbonyl (C=O) groups is 1. The Bertz CT molecular complexity index is 991. The molecule has 1 unspecified atom stereocenters. The fraction of sp³-hybridized carbons (Fsp3) is 0.318. The first-order valence-corrected chi connectivity index (χ1v) is 11.3. The van der Waals surface area contributed by atoms with Gasteiger partial charge in [0.05, 0.1) is 12.2 Å². The third-order valence-electron chi connectivity index (χ3n) is 5.15. The first kappa shape index (κ1) is 20.2. The summed E-state index contributed by atoms with van der Waals surface area (Å²) in [7, 11) is 1.84. The van der Waals surface area contributed by atoms with Crippen molar-refractivity contribution in [1.29, 1.82) is 0 Å². The van der Waals surface area contributed by atoms with E-state index in [0.29, 0.717) is 13.1 Å². The van der Waals surface area contributed by atoms with Gasteiger partial charge in [-0.05, 0) is 43.0 Å². The SMILES string of the molecule is CN(Cc1ccncc1)C(=O)CNC1CCCc2nc(-c3ccccc3Br)sc21. The van der Waals surface area contributed by atoms with Crippen LogP contribution in [0.3, 0.4) is 0 Å². The predicted molar refractivity (Wildman–Crippen MR) is 120 cm³/mol. The molecule has 1 N–H and O–H groups in total. The molecule has 1 aliphatic carbocycles. The van der Waals surface area contributed by atoms with E-state index in [2.05, 4.69) is 32.3 Å². The highest BCUT2D eigenvalue weighted by atomic mass is 79.9. The van der Waals surface area contributed by atoms with E-state index in [9.17, 15) is 4.79 Å². The van der Waals surface area contributed by atoms with Gasteiger partial charge in [-0.15, -0.1) is 11.3 Å². The fourth-order valence-electron chi connectivity index (χ4n) is 3.56. The highest BCUT2D eigenvalue weighted by Crippen LogP contribution is 2.39. The van der Waals surface area contributed by atoms with Gasteiger partial charge in [0, 0.05) is 46.9 Å². The van der Waals surface area contributed by atoms with Crippen LogP contribution in [0, 0.1) is 0 Å². The van der Waals surface area contributed by atoms with Crippen LogP contribution >= 0.6 is 27.3 Å². The summed E-state index contributed by atoms with van der Waals surface area (Å²) in [4.78, 5) is 24.5. The van der Waals surface area contributed by atoms with Crippen LogP contribution in [-0.4, -0.2) is 34.4 Å². The maximum atomic E-state index is 12.6. The maximum Gasteiger partial charge on any atom is 0.236 e. The average molecular weight is 471 g/mol. The molecule has 7 heteroatoms. The molecule has 2 aromatic heterocycles. The van der Waals surface area contributed by atoms with E-state index in [1.165, 1.54) is 10.6 Å². The van der Waals surface area contributed by atoms with Crippen molar-refractivity contribution in [2.24, 2.45) is 0 Å². The summed E-state index contributed by atoms with van der Waals surface area (Å²) in [5, 5.41) is 4.52. The molecule has 1 aromatic carbocycles. The number of aromatic nitrogens is 2. The number of thiazole rings is 1. The molecule has 0 fully saturated rings. The summed E-state index contributed by atoms with van der Waals surface area (Å²) in [6.07, 6.45) is 6.63. The van der Waals surface area contributed by atoms with Crippen molar-refractivity contribution in [1.82, 2.24) is 20.2 Å². The Morgan fingerprint density at radius 2 is 2.07 bits per heavy atom. The van der Waals surface area contributed by atoms with E-state index < -0.39 is 0 Å². The standard InChI is InChI=1S/C22H23BrN4OS/c1-27(14-15-9-11-24-12-10-15)20(28)13-25-18-7-4-8-19-21(18)29-22(26-19)16-5-2-3-6-17(16)23/h2-3,5-6,9-12,18,25H,4,7-8,13-14H2,1H3. The average Bonchev–Trinajstić information content (AvgIpc) is 3.17. The van der Waals surface area contributed by atoms with Crippen molar-refractivity contribution in [3.8, 4) is 10.6 Å². The molecule has 0 spiro atoms. The number of pyridine rings is 1. The zero-order valence-corrected chi connectivity index (χ0v) is 18.7. The highest BCUT2D eigenvalue weighted by molar-refractivity contribution is 9.10. The van der Waals surface area contributed by atoms with Crippen molar-refractivity contribution in [3.63, 3.8) is 0 Å². The number of halogens is 1. The minimum Gasteiger partial charge on any atom is -0.340 e. The molecule has 1 atom stereocenters. The summed E-state index contributed by atoms with van der Waals surface area (Å²) in [5.41, 5.74) is 3.37. The third kappa shape index (κ3) is 4.74. The molecule has 5 nitrogen and oxygen atoms in total. The molecule has 4 rings (SSSR count). The van der Waals surface area contributed by atoms with Gasteiger partial charge in [0.25, 0.3) is 0 Å². The van der Waals surface area contributed by atoms with Crippen molar-refractivity contribution in [2.45, 2.75) is 31.8 Å². The van der Waals surface area contributed by atoms with Gasteiger partial charge in [-0.1, -0.05) is 34.1 Å². The second-order valence-electron chi connectivity index (χ2n) is 7.24. The lowest BCUT2D eigenvalue weighted by Crippen LogP contribution is -2.37. The Morgan fingerprint density at radius 1 is 1.28 bits per heavy atom. The van der Waals surface area contributed by atoms with Gasteiger partial charge >= 0.3 is 0 Å². The predicted octanol–water partition coefficient (Wildman–Crippen LogP) is 4.59. The van der Waals surface area contributed by atoms with Gasteiger partial charge in [-0.3, -0.25) is 9.78 Å². The van der Waals surface area contributed by atoms with E-state index in [1.54, 1.807) is 28.6 Å². The second kappa shape index (κ2) is 9.15. The van der Waals surface area contributed by atoms with Crippen molar-refractivity contribution in [3.05, 3.63) is 69.4 Å². The first-order chi connectivity index (χ1) is 14.1. The number of nitrogens with zero attached hydrogens (tertiary/aromatic N) is 3. The molecule has 2 heterocycles. The summed E-state index contributed by atoms with van der Waals surface area (Å²) in [6.45, 7) is 0.916. The summed E-state index contributed by atoms with van der Waals surface area (Å²) >= 11 is 5.37. The quantitative estimate of drug-likeness (QED) is 0.571. The number of nitrogens with one attached hydrogen (secondary N) is 1. The number of aryl methyl sites for hydroxylation is 1. The maximum absolute atomic E-state index is 12.6. The Labute approximate surface area is 183 Å². The lowest BCUT2D eigenvalue weighted by atomic mass is 9.98. The third-order valence-corrected chi connectivity index (χ3v) is 7.09. The van der Waals surface area contributed by atoms with E-state index in [0.717, 1.165) is 39.9 Å². The number of carbonyl (C=O) groups excluding carboxylic acids is 1. The molecule has 3 aromatic rings. The van der Waals surface area contributed by atoms with Gasteiger partial charge in [0.2, 0.25) is 5.91 Å². The lowest BCUT2D eigenvalue weighted by Gasteiger charge is -2.24. The van der Waals surface area contributed by atoms with Gasteiger partial charge in [0.1, 0.15) is 5.01 Å². The number of likely N-dealkylation sites (N-methyl/N-ethyl adjacent to an activating group) is 1. The minimum absolute atomic E-state index is 0.0875. The van der Waals surface area contributed by atoms with E-state index in [-0.39, 0.29) is 11.9 Å². The Balaban J connectivity index is 1.42. The molecular weight excluding hydrogens is 448 g/mol. The number of hydrogen-bond donors (Lipinski definition) is 1. The Morgan fingerprint density at radius 3 is 2.86 bits per heavy atom. The zero-order chi connectivity index (χ0) is 20.2. The highest BCUT2D eigenvalue weighted by Gasteiger charge is 2.26. The van der Waals surface area contributed by atoms with Crippen molar-refractivity contribution < 1.29 is 4.79 Å². The topological polar surface area (TPSA) is 58.1 Å². The molecule has 1 aliphatic rings. The molecule has 150 valence electrons. The van der Waals surface area contributed by atoms with Gasteiger partial charge in [-0.2, -0.15) is 0 Å². The number of amides is 1. The molecule has 0 aliphatic heterocycles. The normalized spacial score (nSPS) is 15.7. The fourth-order valence-corrected chi connectivity index (χ4v) is 5.42. The summed E-state index contributed by atoms with van der Waals surface area (Å²) < 4.78 is 1.06. The molecule has 29 heavy (non-hydrogen) atoms. The largest absolute Gasteiger partial charge is 0.340 e. The van der Waals surface area contributed by atoms with Crippen molar-refractivity contribution in [2.75, 3.05) is 13.6 Å². The molecule has 0 bridgehead atoms. The Kier molecular flexibility index (Phi) is 6.37. The molecular formula is C22H23BrN4OS. The number of rotatable bonds is 6. The summed E-state index contributed by atoms with van der Waals surface area (Å²) in [5.74, 6) is 0.0875. The van der Waals surface area contributed by atoms with Crippen LogP contribution in [0.1, 0.15) is 35.0 Å². The monoisotopic (exact) mass is 470 g/mol. The van der Waals surface area contributed by atoms with Crippen LogP contribution in [0.25, 0.3) is 10.6 Å². The molecule has 0 saturated heterocycles. The van der Waals surface area contributed by atoms with Gasteiger partial charge in [0.15, 0.2) is 0 Å². The Hall–Kier alpha value is -2.09. The smallest absolute Gasteiger partial charge is 0.236 e. The van der Waals surface area contributed by atoms with Gasteiger partial charge < -0.3 is 10.2 Å². The van der Waals surface area contributed by atoms with Crippen LogP contribution in [0.4, 0.5) is 0 Å². The van der Waals surface area contributed by atoms with Crippen LogP contribution in [0.15, 0.2) is 53.3 Å². The molecule has 1 amide bonds. The van der Waals surface area contributed by atoms with E-state index >= 15 is 0 Å². The number of fused-ring (bicyclic) bond motifs is 1. The van der Waals surface area contributed by atoms with E-state index in [4.69, 9.17) is 4.98 Å². The summed E-state index contributed by atoms with van der Waals surface area (Å²) in [6, 6.07) is 12.2. The van der Waals surface area contributed by atoms with Gasteiger partial charge in [-0.25, -0.2) is 4.98 Å². The van der Waals surface area contributed by atoms with E-state index in [1.807, 2.05) is 37.4 Å². The van der Waals surface area contributed by atoms with Crippen LogP contribution in [0.2, 0.25) is 0 Å². The van der Waals surface area contributed by atoms with Crippen LogP contribution in [0.5, 0.6) is 0 Å². The first-order valence-electron chi connectivity index (χ1n) is 9.72. The molecule has 0 radical (unpaired) electrons. The second-order valence-corrected chi connectivity index (χ2v) is 9.13. The van der Waals surface area contributed by atoms with Crippen molar-refractivity contribution >= 4 is 33.2 Å². The van der Waals surface area contributed by atoms with Crippen LogP contribution in [-0.2, 0) is 17.8 Å². The lowest BCUT2D eigenvalue weighted by molar-refractivity contribution is -0.129. The molecule has 0 saturated carbocycles. The number of hydrogen-bond acceptors (Lipinski definition) is 5. The van der Waals surface area contributed by atoms with Crippen LogP contribution < -0.4 is 5.32 Å². The zero-order valence-electron chi connectivity index (χ0n) is 16.3.